The molecular formula is C18H29N3O3. The molecule has 1 aromatic rings. The Morgan fingerprint density at radius 3 is 2.83 bits per heavy atom. The van der Waals surface area contributed by atoms with Gasteiger partial charge in [-0.25, -0.2) is 4.79 Å². The van der Waals surface area contributed by atoms with Crippen LogP contribution < -0.4 is 5.32 Å². The molecule has 24 heavy (non-hydrogen) atoms. The molecule has 6 nitrogen and oxygen atoms in total. The van der Waals surface area contributed by atoms with Crippen LogP contribution >= 0.6 is 0 Å². The minimum atomic E-state index is -0.846. The summed E-state index contributed by atoms with van der Waals surface area (Å²) in [6.45, 7) is 3.09. The van der Waals surface area contributed by atoms with Crippen molar-refractivity contribution in [2.75, 3.05) is 20.3 Å². The van der Waals surface area contributed by atoms with Gasteiger partial charge in [-0.3, -0.25) is 4.68 Å². The first kappa shape index (κ1) is 17.4. The van der Waals surface area contributed by atoms with Crippen molar-refractivity contribution in [1.29, 1.82) is 0 Å². The van der Waals surface area contributed by atoms with Crippen LogP contribution in [0.3, 0.4) is 0 Å². The van der Waals surface area contributed by atoms with Crippen molar-refractivity contribution in [2.45, 2.75) is 64.5 Å². The number of rotatable bonds is 8. The van der Waals surface area contributed by atoms with Gasteiger partial charge in [-0.05, 0) is 37.5 Å². The molecule has 1 aliphatic heterocycles. The third-order valence-corrected chi connectivity index (χ3v) is 5.67. The number of aromatic nitrogens is 2. The molecule has 1 aliphatic carbocycles. The average molecular weight is 335 g/mol. The van der Waals surface area contributed by atoms with Gasteiger partial charge in [-0.1, -0.05) is 19.3 Å². The van der Waals surface area contributed by atoms with Gasteiger partial charge in [0.15, 0.2) is 0 Å². The maximum atomic E-state index is 11.6. The first-order chi connectivity index (χ1) is 11.7. The zero-order chi connectivity index (χ0) is 17.0. The maximum absolute atomic E-state index is 11.6. The summed E-state index contributed by atoms with van der Waals surface area (Å²) in [5.41, 5.74) is 2.30. The highest BCUT2D eigenvalue weighted by atomic mass is 16.5. The average Bonchev–Trinajstić information content (AvgIpc) is 3.14. The molecule has 0 saturated heterocycles. The van der Waals surface area contributed by atoms with Crippen molar-refractivity contribution in [3.63, 3.8) is 0 Å². The molecule has 2 heterocycles. The van der Waals surface area contributed by atoms with Crippen LogP contribution in [0.1, 0.15) is 66.7 Å². The van der Waals surface area contributed by atoms with Gasteiger partial charge in [0.25, 0.3) is 0 Å². The first-order valence-electron chi connectivity index (χ1n) is 9.17. The summed E-state index contributed by atoms with van der Waals surface area (Å²) in [5, 5.41) is 17.6. The van der Waals surface area contributed by atoms with Crippen LogP contribution in [-0.4, -0.2) is 41.1 Å². The molecule has 0 aromatic carbocycles. The zero-order valence-electron chi connectivity index (χ0n) is 14.6. The van der Waals surface area contributed by atoms with Crippen molar-refractivity contribution < 1.29 is 14.6 Å². The minimum absolute atomic E-state index is 0.292. The number of methoxy groups -OCH3 is 1. The molecule has 6 heteroatoms. The van der Waals surface area contributed by atoms with E-state index in [0.717, 1.165) is 44.7 Å². The van der Waals surface area contributed by atoms with Crippen LogP contribution in [-0.2, 0) is 24.2 Å². The summed E-state index contributed by atoms with van der Waals surface area (Å²) in [6, 6.07) is 0. The summed E-state index contributed by atoms with van der Waals surface area (Å²) in [5.74, 6) is -0.846. The molecule has 1 aromatic heterocycles. The standard InChI is InChI=1S/C18H29N3O3/c1-24-11-9-18(7-3-2-4-8-18)13-19-12-14-16(17(22)23)15-6-5-10-21(15)20-14/h19H,2-13H2,1H3,(H,22,23). The number of nitrogens with one attached hydrogen (secondary N) is 1. The van der Waals surface area contributed by atoms with Gasteiger partial charge < -0.3 is 15.2 Å². The van der Waals surface area contributed by atoms with Crippen LogP contribution in [0.15, 0.2) is 0 Å². The highest BCUT2D eigenvalue weighted by Crippen LogP contribution is 2.38. The fourth-order valence-electron chi connectivity index (χ4n) is 4.34. The molecule has 1 fully saturated rings. The van der Waals surface area contributed by atoms with Crippen LogP contribution in [0.2, 0.25) is 0 Å². The summed E-state index contributed by atoms with van der Waals surface area (Å²) < 4.78 is 7.18. The van der Waals surface area contributed by atoms with E-state index >= 15 is 0 Å². The Morgan fingerprint density at radius 2 is 2.12 bits per heavy atom. The summed E-state index contributed by atoms with van der Waals surface area (Å²) >= 11 is 0. The van der Waals surface area contributed by atoms with Gasteiger partial charge in [-0.2, -0.15) is 5.10 Å². The minimum Gasteiger partial charge on any atom is -0.478 e. The Kier molecular flexibility index (Phi) is 5.56. The maximum Gasteiger partial charge on any atom is 0.339 e. The fraction of sp³-hybridized carbons (Fsp3) is 0.778. The number of fused-ring (bicyclic) bond motifs is 1. The molecular weight excluding hydrogens is 306 g/mol. The molecule has 2 N–H and O–H groups in total. The van der Waals surface area contributed by atoms with Crippen LogP contribution in [0.4, 0.5) is 0 Å². The van der Waals surface area contributed by atoms with Crippen molar-refractivity contribution in [3.05, 3.63) is 17.0 Å². The Bertz CT molecular complexity index is 576. The Morgan fingerprint density at radius 1 is 1.33 bits per heavy atom. The third-order valence-electron chi connectivity index (χ3n) is 5.67. The number of hydrogen-bond acceptors (Lipinski definition) is 4. The van der Waals surface area contributed by atoms with Gasteiger partial charge in [0.05, 0.1) is 11.4 Å². The van der Waals surface area contributed by atoms with E-state index < -0.39 is 5.97 Å². The zero-order valence-corrected chi connectivity index (χ0v) is 14.6. The van der Waals surface area contributed by atoms with Crippen molar-refractivity contribution in [2.24, 2.45) is 5.41 Å². The lowest BCUT2D eigenvalue weighted by Crippen LogP contribution is -2.37. The molecule has 3 rings (SSSR count). The quantitative estimate of drug-likeness (QED) is 0.764. The molecule has 0 spiro atoms. The van der Waals surface area contributed by atoms with Gasteiger partial charge in [0, 0.05) is 33.4 Å². The smallest absolute Gasteiger partial charge is 0.339 e. The van der Waals surface area contributed by atoms with Gasteiger partial charge in [0.2, 0.25) is 0 Å². The van der Waals surface area contributed by atoms with E-state index in [1.807, 2.05) is 4.68 Å². The lowest BCUT2D eigenvalue weighted by Gasteiger charge is -2.37. The molecule has 1 saturated carbocycles. The second-order valence-electron chi connectivity index (χ2n) is 7.31. The monoisotopic (exact) mass is 335 g/mol. The van der Waals surface area contributed by atoms with Gasteiger partial charge >= 0.3 is 5.97 Å². The van der Waals surface area contributed by atoms with Crippen molar-refractivity contribution in [3.8, 4) is 0 Å². The molecule has 0 unspecified atom stereocenters. The predicted octanol–water partition coefficient (Wildman–Crippen LogP) is 2.60. The second-order valence-corrected chi connectivity index (χ2v) is 7.31. The Labute approximate surface area is 143 Å². The SMILES string of the molecule is COCCC1(CNCc2nn3c(c2C(=O)O)CCC3)CCCCC1. The van der Waals surface area contributed by atoms with Crippen molar-refractivity contribution in [1.82, 2.24) is 15.1 Å². The van der Waals surface area contributed by atoms with Gasteiger partial charge in [-0.15, -0.1) is 0 Å². The van der Waals surface area contributed by atoms with E-state index in [4.69, 9.17) is 4.74 Å². The van der Waals surface area contributed by atoms with Crippen LogP contribution in [0.25, 0.3) is 0 Å². The number of carboxylic acid groups (broad SMARTS) is 1. The number of aryl methyl sites for hydroxylation is 1. The largest absolute Gasteiger partial charge is 0.478 e. The molecule has 0 amide bonds. The molecule has 0 bridgehead atoms. The van der Waals surface area contributed by atoms with E-state index in [1.165, 1.54) is 32.1 Å². The number of nitrogens with zero attached hydrogens (tertiary/aromatic N) is 2. The number of carbonyl (C=O) groups is 1. The van der Waals surface area contributed by atoms with E-state index in [2.05, 4.69) is 10.4 Å². The molecule has 134 valence electrons. The van der Waals surface area contributed by atoms with E-state index in [1.54, 1.807) is 7.11 Å². The van der Waals surface area contributed by atoms with E-state index in [-0.39, 0.29) is 0 Å². The van der Waals surface area contributed by atoms with Gasteiger partial charge in [0.1, 0.15) is 5.56 Å². The highest BCUT2D eigenvalue weighted by Gasteiger charge is 2.32. The molecule has 2 aliphatic rings. The topological polar surface area (TPSA) is 76.4 Å². The van der Waals surface area contributed by atoms with E-state index in [0.29, 0.717) is 23.2 Å². The highest BCUT2D eigenvalue weighted by molar-refractivity contribution is 5.90. The van der Waals surface area contributed by atoms with Crippen LogP contribution in [0, 0.1) is 5.41 Å². The second kappa shape index (κ2) is 7.66. The Balaban J connectivity index is 1.64. The van der Waals surface area contributed by atoms with Crippen molar-refractivity contribution >= 4 is 5.97 Å². The third kappa shape index (κ3) is 3.64. The number of ether oxygens (including phenoxy) is 1. The molecule has 0 atom stereocenters. The lowest BCUT2D eigenvalue weighted by molar-refractivity contribution is 0.0694. The fourth-order valence-corrected chi connectivity index (χ4v) is 4.34. The molecule has 0 radical (unpaired) electrons. The lowest BCUT2D eigenvalue weighted by atomic mass is 9.72. The summed E-state index contributed by atoms with van der Waals surface area (Å²) in [6.07, 6.45) is 9.25. The summed E-state index contributed by atoms with van der Waals surface area (Å²) in [4.78, 5) is 11.6. The first-order valence-corrected chi connectivity index (χ1v) is 9.17. The van der Waals surface area contributed by atoms with Crippen LogP contribution in [0.5, 0.6) is 0 Å². The Hall–Kier alpha value is -1.40. The number of aromatic carboxylic acids is 1. The number of carboxylic acids is 1. The normalized spacial score (nSPS) is 19.4. The van der Waals surface area contributed by atoms with E-state index in [9.17, 15) is 9.90 Å². The predicted molar refractivity (Wildman–Crippen MR) is 91.2 cm³/mol. The summed E-state index contributed by atoms with van der Waals surface area (Å²) in [7, 11) is 1.76. The number of hydrogen-bond donors (Lipinski definition) is 2.